The molecule has 14 rings (SSSR count). The molecule has 0 aliphatic carbocycles. The highest BCUT2D eigenvalue weighted by molar-refractivity contribution is 5.85. The summed E-state index contributed by atoms with van der Waals surface area (Å²) < 4.78 is 0. The first-order chi connectivity index (χ1) is 47.2. The van der Waals surface area contributed by atoms with Gasteiger partial charge in [-0.25, -0.2) is 0 Å². The topological polar surface area (TPSA) is 38.7 Å². The van der Waals surface area contributed by atoms with Crippen molar-refractivity contribution < 1.29 is 0 Å². The van der Waals surface area contributed by atoms with Gasteiger partial charge in [0.2, 0.25) is 0 Å². The van der Waals surface area contributed by atoms with Crippen molar-refractivity contribution in [2.45, 2.75) is 27.7 Å². The van der Waals surface area contributed by atoms with Crippen molar-refractivity contribution in [3.05, 3.63) is 384 Å². The van der Waals surface area contributed by atoms with Crippen LogP contribution in [-0.4, -0.2) is 9.97 Å². The minimum absolute atomic E-state index is 0.808. The molecule has 0 saturated heterocycles. The summed E-state index contributed by atoms with van der Waals surface area (Å²) >= 11 is 0. The molecule has 0 atom stereocenters. The Kier molecular flexibility index (Phi) is 18.0. The standard InChI is InChI=1S/C90H72N6/c1-65-15-39-79(40-16-65)93(77-11-7-5-8-12-77)85-51-31-73(32-52-85)75-35-55-87(56-36-75)95(81-43-19-67(3)20-44-81)83-47-27-69(28-48-83)23-25-71-59-61-91-89(63-71)90-64-72(60-62-92-90)26-24-70-29-49-84(50-30-70)96(82-45-21-68(4)22-46-82)88-57-37-76(38-58-88)74-33-53-86(54-34-74)94(78-13-9-6-10-14-78)80-41-17-66(2)18-42-80/h5-64H,1-4H3/b25-23+,26-24+. The molecule has 2 aromatic heterocycles. The third-order valence-electron chi connectivity index (χ3n) is 17.4. The van der Waals surface area contributed by atoms with Crippen molar-refractivity contribution in [2.24, 2.45) is 0 Å². The van der Waals surface area contributed by atoms with Gasteiger partial charge in [-0.05, 0) is 242 Å². The summed E-state index contributed by atoms with van der Waals surface area (Å²) in [5.74, 6) is 0. The van der Waals surface area contributed by atoms with E-state index in [0.29, 0.717) is 0 Å². The van der Waals surface area contributed by atoms with Crippen molar-refractivity contribution in [1.82, 2.24) is 9.97 Å². The maximum Gasteiger partial charge on any atom is 0.0892 e. The van der Waals surface area contributed by atoms with Gasteiger partial charge in [0, 0.05) is 80.6 Å². The molecule has 14 aromatic rings. The third-order valence-corrected chi connectivity index (χ3v) is 17.4. The fourth-order valence-electron chi connectivity index (χ4n) is 12.2. The van der Waals surface area contributed by atoms with Crippen molar-refractivity contribution in [2.75, 3.05) is 19.6 Å². The van der Waals surface area contributed by atoms with E-state index in [1.54, 1.807) is 0 Å². The molecule has 0 unspecified atom stereocenters. The molecule has 12 aromatic carbocycles. The molecule has 6 heteroatoms. The number of anilines is 12. The van der Waals surface area contributed by atoms with Crippen LogP contribution in [-0.2, 0) is 0 Å². The van der Waals surface area contributed by atoms with Crippen molar-refractivity contribution in [1.29, 1.82) is 0 Å². The average Bonchev–Trinajstić information content (AvgIpc) is 0.963. The Balaban J connectivity index is 0.641. The molecule has 0 aliphatic rings. The van der Waals surface area contributed by atoms with E-state index in [-0.39, 0.29) is 0 Å². The van der Waals surface area contributed by atoms with E-state index in [0.717, 1.165) is 124 Å². The SMILES string of the molecule is Cc1ccc(N(c2ccccc2)c2ccc(-c3ccc(N(c4ccc(C)cc4)c4ccc(/C=C/c5ccnc(-c6cc(/C=C/c7ccc(N(c8ccc(C)cc8)c8ccc(-c9ccc(N(c%10ccccc%10)c%10ccc(C)cc%10)cc9)cc8)cc7)ccn6)c5)cc4)cc3)cc2)cc1. The summed E-state index contributed by atoms with van der Waals surface area (Å²) in [7, 11) is 0. The maximum absolute atomic E-state index is 4.77. The lowest BCUT2D eigenvalue weighted by Crippen LogP contribution is -2.10. The van der Waals surface area contributed by atoms with Crippen LogP contribution in [0.25, 0.3) is 57.9 Å². The Morgan fingerprint density at radius 2 is 0.396 bits per heavy atom. The zero-order chi connectivity index (χ0) is 65.2. The third kappa shape index (κ3) is 14.2. The number of hydrogen-bond acceptors (Lipinski definition) is 6. The minimum Gasteiger partial charge on any atom is -0.311 e. The van der Waals surface area contributed by atoms with Crippen LogP contribution in [0.1, 0.15) is 44.5 Å². The van der Waals surface area contributed by atoms with Gasteiger partial charge in [-0.3, -0.25) is 9.97 Å². The van der Waals surface area contributed by atoms with Gasteiger partial charge in [-0.2, -0.15) is 0 Å². The van der Waals surface area contributed by atoms with Crippen molar-refractivity contribution >= 4 is 92.6 Å². The Morgan fingerprint density at radius 1 is 0.198 bits per heavy atom. The molecule has 0 amide bonds. The summed E-state index contributed by atoms with van der Waals surface area (Å²) in [6, 6.07) is 117. The number of aromatic nitrogens is 2. The fourth-order valence-corrected chi connectivity index (χ4v) is 12.2. The Labute approximate surface area is 564 Å². The van der Waals surface area contributed by atoms with Gasteiger partial charge in [0.15, 0.2) is 0 Å². The van der Waals surface area contributed by atoms with Gasteiger partial charge in [-0.15, -0.1) is 0 Å². The number of rotatable bonds is 19. The zero-order valence-corrected chi connectivity index (χ0v) is 54.3. The summed E-state index contributed by atoms with van der Waals surface area (Å²) in [4.78, 5) is 18.8. The highest BCUT2D eigenvalue weighted by Gasteiger charge is 2.18. The molecule has 0 N–H and O–H groups in total. The molecule has 96 heavy (non-hydrogen) atoms. The van der Waals surface area contributed by atoms with E-state index in [1.807, 2.05) is 24.5 Å². The van der Waals surface area contributed by atoms with E-state index in [2.05, 4.69) is 387 Å². The highest BCUT2D eigenvalue weighted by Crippen LogP contribution is 2.41. The average molecular weight is 1240 g/mol. The number of hydrogen-bond donors (Lipinski definition) is 0. The lowest BCUT2D eigenvalue weighted by molar-refractivity contribution is 1.24. The molecule has 6 nitrogen and oxygen atoms in total. The lowest BCUT2D eigenvalue weighted by Gasteiger charge is -2.26. The Morgan fingerprint density at radius 3 is 0.635 bits per heavy atom. The van der Waals surface area contributed by atoms with Gasteiger partial charge in [0.25, 0.3) is 0 Å². The van der Waals surface area contributed by atoms with Crippen LogP contribution in [0.5, 0.6) is 0 Å². The predicted octanol–water partition coefficient (Wildman–Crippen LogP) is 24.9. The zero-order valence-electron chi connectivity index (χ0n) is 54.3. The maximum atomic E-state index is 4.77. The van der Waals surface area contributed by atoms with Gasteiger partial charge in [-0.1, -0.05) is 204 Å². The predicted molar refractivity (Wildman–Crippen MR) is 407 cm³/mol. The second-order valence-electron chi connectivity index (χ2n) is 24.3. The summed E-state index contributed by atoms with van der Waals surface area (Å²) in [5.41, 5.74) is 28.6. The van der Waals surface area contributed by atoms with E-state index < -0.39 is 0 Å². The molecule has 0 bridgehead atoms. The Hall–Kier alpha value is -12.4. The quantitative estimate of drug-likeness (QED) is 0.0803. The van der Waals surface area contributed by atoms with Crippen LogP contribution < -0.4 is 19.6 Å². The highest BCUT2D eigenvalue weighted by atomic mass is 15.2. The molecule has 2 heterocycles. The lowest BCUT2D eigenvalue weighted by atomic mass is 10.0. The van der Waals surface area contributed by atoms with Crippen LogP contribution in [0.15, 0.2) is 340 Å². The van der Waals surface area contributed by atoms with Crippen LogP contribution in [0.4, 0.5) is 68.2 Å². The molecular formula is C90H72N6. The van der Waals surface area contributed by atoms with E-state index in [1.165, 1.54) is 22.3 Å². The van der Waals surface area contributed by atoms with Gasteiger partial charge in [0.1, 0.15) is 0 Å². The van der Waals surface area contributed by atoms with E-state index in [4.69, 9.17) is 9.97 Å². The fraction of sp³-hybridized carbons (Fsp3) is 0.0444. The first-order valence-corrected chi connectivity index (χ1v) is 32.7. The summed E-state index contributed by atoms with van der Waals surface area (Å²) in [6.45, 7) is 8.50. The molecule has 0 fully saturated rings. The van der Waals surface area contributed by atoms with Gasteiger partial charge < -0.3 is 19.6 Å². The van der Waals surface area contributed by atoms with Crippen molar-refractivity contribution in [3.63, 3.8) is 0 Å². The molecule has 0 aliphatic heterocycles. The number of nitrogens with zero attached hydrogens (tertiary/aromatic N) is 6. The largest absolute Gasteiger partial charge is 0.311 e. The first kappa shape index (κ1) is 61.1. The number of para-hydroxylation sites is 2. The van der Waals surface area contributed by atoms with Crippen LogP contribution in [0.2, 0.25) is 0 Å². The molecule has 0 spiro atoms. The minimum atomic E-state index is 0.808. The van der Waals surface area contributed by atoms with Crippen molar-refractivity contribution in [3.8, 4) is 33.6 Å². The number of pyridine rings is 2. The van der Waals surface area contributed by atoms with Crippen LogP contribution in [0, 0.1) is 27.7 Å². The van der Waals surface area contributed by atoms with E-state index in [9.17, 15) is 0 Å². The molecular weight excluding hydrogens is 1170 g/mol. The molecule has 0 radical (unpaired) electrons. The normalized spacial score (nSPS) is 11.2. The molecule has 462 valence electrons. The second-order valence-corrected chi connectivity index (χ2v) is 24.3. The molecule has 0 saturated carbocycles. The number of aryl methyl sites for hydroxylation is 4. The van der Waals surface area contributed by atoms with Gasteiger partial charge in [0.05, 0.1) is 11.4 Å². The second kappa shape index (κ2) is 28.2. The van der Waals surface area contributed by atoms with E-state index >= 15 is 0 Å². The first-order valence-electron chi connectivity index (χ1n) is 32.7. The van der Waals surface area contributed by atoms with Crippen LogP contribution in [0.3, 0.4) is 0 Å². The van der Waals surface area contributed by atoms with Crippen LogP contribution >= 0.6 is 0 Å². The number of benzene rings is 12. The Bertz CT molecular complexity index is 4620. The van der Waals surface area contributed by atoms with Gasteiger partial charge >= 0.3 is 0 Å². The summed E-state index contributed by atoms with van der Waals surface area (Å²) in [6.07, 6.45) is 12.3. The summed E-state index contributed by atoms with van der Waals surface area (Å²) in [5, 5.41) is 0. The smallest absolute Gasteiger partial charge is 0.0892 e. The monoisotopic (exact) mass is 1240 g/mol.